The maximum absolute atomic E-state index is 13.2. The summed E-state index contributed by atoms with van der Waals surface area (Å²) in [5.74, 6) is 0.370. The molecule has 0 amide bonds. The topological polar surface area (TPSA) is 113 Å². The highest BCUT2D eigenvalue weighted by Gasteiger charge is 2.32. The van der Waals surface area contributed by atoms with Crippen molar-refractivity contribution in [2.75, 3.05) is 17.6 Å². The van der Waals surface area contributed by atoms with E-state index in [0.29, 0.717) is 40.6 Å². The molecule has 1 aromatic carbocycles. The summed E-state index contributed by atoms with van der Waals surface area (Å²) in [6.45, 7) is 2.43. The molecule has 170 valence electrons. The Bertz CT molecular complexity index is 1160. The van der Waals surface area contributed by atoms with Gasteiger partial charge in [0.1, 0.15) is 21.8 Å². The Morgan fingerprint density at radius 3 is 2.78 bits per heavy atom. The average molecular weight is 486 g/mol. The Morgan fingerprint density at radius 2 is 2.09 bits per heavy atom. The van der Waals surface area contributed by atoms with E-state index in [1.807, 2.05) is 0 Å². The lowest BCUT2D eigenvalue weighted by Crippen LogP contribution is -2.34. The highest BCUT2D eigenvalue weighted by molar-refractivity contribution is 7.82. The van der Waals surface area contributed by atoms with Crippen LogP contribution in [0, 0.1) is 0 Å². The van der Waals surface area contributed by atoms with Crippen LogP contribution in [0.15, 0.2) is 35.7 Å². The van der Waals surface area contributed by atoms with Crippen LogP contribution in [0.1, 0.15) is 35.3 Å². The van der Waals surface area contributed by atoms with Gasteiger partial charge in [-0.15, -0.1) is 0 Å². The summed E-state index contributed by atoms with van der Waals surface area (Å²) in [6.07, 6.45) is -1.10. The number of nitrogen functional groups attached to an aromatic ring is 1. The van der Waals surface area contributed by atoms with Gasteiger partial charge < -0.3 is 16.0 Å². The van der Waals surface area contributed by atoms with E-state index in [9.17, 15) is 17.4 Å². The zero-order valence-electron chi connectivity index (χ0n) is 16.8. The Morgan fingerprint density at radius 1 is 1.31 bits per heavy atom. The number of hydrogen-bond donors (Lipinski definition) is 3. The zero-order chi connectivity index (χ0) is 23.0. The Balaban J connectivity index is 1.62. The van der Waals surface area contributed by atoms with Crippen molar-refractivity contribution < 1.29 is 17.4 Å². The Kier molecular flexibility index (Phi) is 6.10. The van der Waals surface area contributed by atoms with Crippen molar-refractivity contribution in [3.05, 3.63) is 58.4 Å². The number of halogens is 4. The van der Waals surface area contributed by atoms with Gasteiger partial charge in [0.2, 0.25) is 5.28 Å². The van der Waals surface area contributed by atoms with Crippen LogP contribution in [0.2, 0.25) is 5.28 Å². The van der Waals surface area contributed by atoms with Crippen molar-refractivity contribution in [1.29, 1.82) is 0 Å². The van der Waals surface area contributed by atoms with Gasteiger partial charge in [0.15, 0.2) is 0 Å². The van der Waals surface area contributed by atoms with E-state index in [0.717, 1.165) is 12.1 Å². The number of fused-ring (bicyclic) bond motifs is 1. The monoisotopic (exact) mass is 485 g/mol. The van der Waals surface area contributed by atoms with Gasteiger partial charge in [-0.25, -0.2) is 23.5 Å². The molecule has 0 radical (unpaired) electrons. The molecule has 3 aromatic rings. The first-order chi connectivity index (χ1) is 15.1. The third-order valence-corrected chi connectivity index (χ3v) is 6.60. The van der Waals surface area contributed by atoms with Crippen LogP contribution in [0.25, 0.3) is 0 Å². The molecule has 0 bridgehead atoms. The van der Waals surface area contributed by atoms with E-state index >= 15 is 0 Å². The molecular weight excluding hydrogens is 467 g/mol. The van der Waals surface area contributed by atoms with Gasteiger partial charge in [0.05, 0.1) is 29.8 Å². The zero-order valence-corrected chi connectivity index (χ0v) is 18.4. The largest absolute Gasteiger partial charge is 0.416 e. The summed E-state index contributed by atoms with van der Waals surface area (Å²) in [6, 6.07) is 2.84. The minimum Gasteiger partial charge on any atom is -0.399 e. The Labute approximate surface area is 189 Å². The van der Waals surface area contributed by atoms with Crippen molar-refractivity contribution in [2.45, 2.75) is 37.1 Å². The van der Waals surface area contributed by atoms with Gasteiger partial charge in [-0.2, -0.15) is 13.2 Å². The quantitative estimate of drug-likeness (QED) is 0.375. The second kappa shape index (κ2) is 8.68. The molecule has 13 heteroatoms. The summed E-state index contributed by atoms with van der Waals surface area (Å²) < 4.78 is 54.1. The summed E-state index contributed by atoms with van der Waals surface area (Å²) in [7, 11) is -1.47. The molecule has 0 saturated heterocycles. The fourth-order valence-corrected chi connectivity index (χ4v) is 4.75. The van der Waals surface area contributed by atoms with Crippen LogP contribution in [0.4, 0.5) is 24.7 Å². The van der Waals surface area contributed by atoms with Gasteiger partial charge in [-0.3, -0.25) is 0 Å². The third kappa shape index (κ3) is 4.71. The molecule has 8 nitrogen and oxygen atoms in total. The maximum atomic E-state index is 13.2. The van der Waals surface area contributed by atoms with Crippen molar-refractivity contribution >= 4 is 34.1 Å². The average Bonchev–Trinajstić information content (AvgIpc) is 3.26. The van der Waals surface area contributed by atoms with Crippen molar-refractivity contribution in [3.8, 4) is 0 Å². The number of imidazole rings is 1. The van der Waals surface area contributed by atoms with Crippen molar-refractivity contribution in [2.24, 2.45) is 0 Å². The van der Waals surface area contributed by atoms with E-state index < -0.39 is 28.8 Å². The van der Waals surface area contributed by atoms with Gasteiger partial charge in [0.25, 0.3) is 0 Å². The maximum Gasteiger partial charge on any atom is 0.416 e. The minimum absolute atomic E-state index is 0.00681. The smallest absolute Gasteiger partial charge is 0.399 e. The molecule has 4 rings (SSSR count). The van der Waals surface area contributed by atoms with E-state index in [2.05, 4.69) is 25.3 Å². The fourth-order valence-electron chi connectivity index (χ4n) is 3.48. The summed E-state index contributed by atoms with van der Waals surface area (Å²) in [5, 5.41) is 3.61. The number of nitrogens with one attached hydrogen (secondary N) is 2. The van der Waals surface area contributed by atoms with Crippen LogP contribution >= 0.6 is 11.6 Å². The molecule has 0 fully saturated rings. The molecule has 1 unspecified atom stereocenters. The number of alkyl halides is 3. The van der Waals surface area contributed by atoms with Gasteiger partial charge in [-0.05, 0) is 42.3 Å². The van der Waals surface area contributed by atoms with Crippen LogP contribution in [0.3, 0.4) is 0 Å². The van der Waals surface area contributed by atoms with E-state index in [4.69, 9.17) is 17.3 Å². The van der Waals surface area contributed by atoms with Crippen LogP contribution in [0.5, 0.6) is 0 Å². The van der Waals surface area contributed by atoms with Crippen molar-refractivity contribution in [1.82, 2.24) is 24.2 Å². The number of rotatable bonds is 5. The third-order valence-electron chi connectivity index (χ3n) is 5.05. The molecule has 0 spiro atoms. The fraction of sp³-hybridized carbons (Fsp3) is 0.316. The number of nitrogens with zero attached hydrogens (tertiary/aromatic N) is 4. The lowest BCUT2D eigenvalue weighted by atomic mass is 10.0. The number of anilines is 2. The number of benzene rings is 1. The van der Waals surface area contributed by atoms with E-state index in [1.165, 1.54) is 18.6 Å². The second-order valence-corrected chi connectivity index (χ2v) is 9.09. The molecule has 1 aliphatic heterocycles. The number of aromatic amines is 1. The highest BCUT2D eigenvalue weighted by atomic mass is 35.5. The first-order valence-electron chi connectivity index (χ1n) is 9.56. The number of H-pyrrole nitrogens is 1. The predicted octanol–water partition coefficient (Wildman–Crippen LogP) is 3.71. The Hall–Kier alpha value is -2.70. The van der Waals surface area contributed by atoms with E-state index in [-0.39, 0.29) is 17.5 Å². The van der Waals surface area contributed by atoms with Crippen LogP contribution in [-0.2, 0) is 30.1 Å². The molecule has 0 saturated carbocycles. The molecule has 3 heterocycles. The number of hydrogen-bond acceptors (Lipinski definition) is 6. The first-order valence-corrected chi connectivity index (χ1v) is 11.0. The normalized spacial score (nSPS) is 16.4. The van der Waals surface area contributed by atoms with Crippen molar-refractivity contribution in [3.63, 3.8) is 0 Å². The number of aromatic nitrogens is 4. The first kappa shape index (κ1) is 22.5. The number of nitrogens with two attached hydrogens (primary N) is 1. The summed E-state index contributed by atoms with van der Waals surface area (Å²) in [5.41, 5.74) is 6.59. The highest BCUT2D eigenvalue weighted by Crippen LogP contribution is 2.34. The molecule has 1 aliphatic rings. The molecule has 32 heavy (non-hydrogen) atoms. The standard InChI is InChI=1S/C19H19ClF3N7OS/c1-10(11-4-12(19(21,22)23)6-13(24)5-11)27-17-14-8-30(32(31)16-7-25-9-26-16)3-2-15(14)28-18(20)29-17/h4-7,9-10H,2-3,8,24H2,1H3,(H,25,26)(H,27,28,29)/t10-,32?/m1/s1. The predicted molar refractivity (Wildman–Crippen MR) is 114 cm³/mol. The molecule has 2 atom stereocenters. The lowest BCUT2D eigenvalue weighted by molar-refractivity contribution is -0.137. The summed E-state index contributed by atoms with van der Waals surface area (Å²) in [4.78, 5) is 15.2. The molecular formula is C19H19ClF3N7OS. The molecule has 0 aliphatic carbocycles. The SMILES string of the molecule is C[C@@H](Nc1nc(Cl)nc2c1CN(S(=O)c1cnc[nH]1)CC2)c1cc(N)cc(C(F)(F)F)c1. The van der Waals surface area contributed by atoms with Gasteiger partial charge >= 0.3 is 6.18 Å². The van der Waals surface area contributed by atoms with Crippen LogP contribution < -0.4 is 11.1 Å². The molecule has 4 N–H and O–H groups in total. The van der Waals surface area contributed by atoms with Crippen LogP contribution in [-0.4, -0.2) is 35.0 Å². The lowest BCUT2D eigenvalue weighted by Gasteiger charge is -2.28. The van der Waals surface area contributed by atoms with E-state index in [1.54, 1.807) is 11.2 Å². The van der Waals surface area contributed by atoms with Gasteiger partial charge in [-0.1, -0.05) is 0 Å². The second-order valence-electron chi connectivity index (χ2n) is 7.30. The summed E-state index contributed by atoms with van der Waals surface area (Å²) >= 11 is 6.08. The van der Waals surface area contributed by atoms with Gasteiger partial charge in [0, 0.05) is 30.8 Å². The minimum atomic E-state index is -4.52. The molecule has 2 aromatic heterocycles.